The molecule has 2 aromatic carbocycles. The summed E-state index contributed by atoms with van der Waals surface area (Å²) in [7, 11) is 3.25. The molecule has 0 aliphatic carbocycles. The summed E-state index contributed by atoms with van der Waals surface area (Å²) in [5.41, 5.74) is 1.69. The van der Waals surface area contributed by atoms with Gasteiger partial charge in [-0.15, -0.1) is 0 Å². The zero-order chi connectivity index (χ0) is 16.5. The molecular formula is C19H21NO3. The van der Waals surface area contributed by atoms with Crippen LogP contribution in [0, 0.1) is 0 Å². The predicted octanol–water partition coefficient (Wildman–Crippen LogP) is 3.94. The number of hydrogen-bond acceptors (Lipinski definition) is 4. The van der Waals surface area contributed by atoms with Gasteiger partial charge in [-0.1, -0.05) is 6.08 Å². The molecule has 0 heterocycles. The molecule has 0 aliphatic rings. The van der Waals surface area contributed by atoms with E-state index in [1.54, 1.807) is 44.6 Å². The largest absolute Gasteiger partial charge is 0.497 e. The van der Waals surface area contributed by atoms with Crippen molar-refractivity contribution in [1.29, 1.82) is 0 Å². The van der Waals surface area contributed by atoms with E-state index in [1.165, 1.54) is 0 Å². The van der Waals surface area contributed by atoms with E-state index in [0.29, 0.717) is 5.56 Å². The highest BCUT2D eigenvalue weighted by Crippen LogP contribution is 2.15. The fraction of sp³-hybridized carbons (Fsp3) is 0.211. The van der Waals surface area contributed by atoms with Crippen LogP contribution in [0.3, 0.4) is 0 Å². The Kier molecular flexibility index (Phi) is 6.24. The van der Waals surface area contributed by atoms with Crippen molar-refractivity contribution in [2.75, 3.05) is 26.1 Å². The second-order valence-corrected chi connectivity index (χ2v) is 4.94. The molecule has 0 saturated carbocycles. The van der Waals surface area contributed by atoms with Crippen molar-refractivity contribution in [2.24, 2.45) is 0 Å². The zero-order valence-corrected chi connectivity index (χ0v) is 13.4. The maximum Gasteiger partial charge on any atom is 0.185 e. The number of ether oxygens (including phenoxy) is 2. The number of benzene rings is 2. The first-order valence-electron chi connectivity index (χ1n) is 7.46. The van der Waals surface area contributed by atoms with Crippen molar-refractivity contribution in [3.8, 4) is 11.5 Å². The third-order valence-corrected chi connectivity index (χ3v) is 3.37. The maximum atomic E-state index is 12.0. The average Bonchev–Trinajstić information content (AvgIpc) is 2.62. The normalized spacial score (nSPS) is 10.5. The highest BCUT2D eigenvalue weighted by Gasteiger charge is 2.01. The van der Waals surface area contributed by atoms with E-state index in [4.69, 9.17) is 9.47 Å². The van der Waals surface area contributed by atoms with Crippen LogP contribution in [-0.4, -0.2) is 26.5 Å². The standard InChI is InChI=1S/C19H21NO3/c1-22-17-10-6-15(7-11-17)19(21)5-3-4-14-20-16-8-12-18(23-2)13-9-16/h3,5-13,20H,4,14H2,1-2H3/b5-3+. The van der Waals surface area contributed by atoms with Gasteiger partial charge in [-0.05, 0) is 61.0 Å². The van der Waals surface area contributed by atoms with Gasteiger partial charge in [0.25, 0.3) is 0 Å². The molecule has 0 amide bonds. The number of anilines is 1. The third kappa shape index (κ3) is 5.18. The lowest BCUT2D eigenvalue weighted by molar-refractivity contribution is 0.104. The van der Waals surface area contributed by atoms with Gasteiger partial charge >= 0.3 is 0 Å². The fourth-order valence-corrected chi connectivity index (χ4v) is 2.05. The summed E-state index contributed by atoms with van der Waals surface area (Å²) in [6.45, 7) is 0.763. The molecule has 4 nitrogen and oxygen atoms in total. The average molecular weight is 311 g/mol. The van der Waals surface area contributed by atoms with Crippen molar-refractivity contribution < 1.29 is 14.3 Å². The van der Waals surface area contributed by atoms with Crippen LogP contribution in [0.1, 0.15) is 16.8 Å². The Bertz CT molecular complexity index is 645. The molecule has 0 radical (unpaired) electrons. The number of hydrogen-bond donors (Lipinski definition) is 1. The van der Waals surface area contributed by atoms with Gasteiger partial charge in [-0.3, -0.25) is 4.79 Å². The van der Waals surface area contributed by atoms with Gasteiger partial charge < -0.3 is 14.8 Å². The molecule has 0 aliphatic heterocycles. The van der Waals surface area contributed by atoms with E-state index in [-0.39, 0.29) is 5.78 Å². The van der Waals surface area contributed by atoms with Gasteiger partial charge in [0.1, 0.15) is 11.5 Å². The smallest absolute Gasteiger partial charge is 0.185 e. The molecule has 120 valence electrons. The summed E-state index contributed by atoms with van der Waals surface area (Å²) in [5, 5.41) is 3.29. The molecule has 0 spiro atoms. The molecule has 4 heteroatoms. The fourth-order valence-electron chi connectivity index (χ4n) is 2.05. The van der Waals surface area contributed by atoms with E-state index in [2.05, 4.69) is 5.32 Å². The number of methoxy groups -OCH3 is 2. The van der Waals surface area contributed by atoms with Gasteiger partial charge in [0.15, 0.2) is 5.78 Å². The van der Waals surface area contributed by atoms with Crippen molar-refractivity contribution in [2.45, 2.75) is 6.42 Å². The molecule has 1 N–H and O–H groups in total. The summed E-state index contributed by atoms with van der Waals surface area (Å²) < 4.78 is 10.2. The third-order valence-electron chi connectivity index (χ3n) is 3.37. The minimum Gasteiger partial charge on any atom is -0.497 e. The topological polar surface area (TPSA) is 47.6 Å². The first-order chi connectivity index (χ1) is 11.2. The summed E-state index contributed by atoms with van der Waals surface area (Å²) in [4.78, 5) is 12.0. The Balaban J connectivity index is 1.75. The summed E-state index contributed by atoms with van der Waals surface area (Å²) in [6.07, 6.45) is 4.26. The van der Waals surface area contributed by atoms with Gasteiger partial charge in [0.2, 0.25) is 0 Å². The highest BCUT2D eigenvalue weighted by atomic mass is 16.5. The quantitative estimate of drug-likeness (QED) is 0.455. The predicted molar refractivity (Wildman–Crippen MR) is 92.6 cm³/mol. The SMILES string of the molecule is COc1ccc(NCC/C=C/C(=O)c2ccc(OC)cc2)cc1. The van der Waals surface area contributed by atoms with Gasteiger partial charge in [-0.2, -0.15) is 0 Å². The molecular weight excluding hydrogens is 290 g/mol. The molecule has 0 unspecified atom stereocenters. The monoisotopic (exact) mass is 311 g/mol. The van der Waals surface area contributed by atoms with E-state index >= 15 is 0 Å². The lowest BCUT2D eigenvalue weighted by atomic mass is 10.1. The van der Waals surface area contributed by atoms with Crippen LogP contribution < -0.4 is 14.8 Å². The van der Waals surface area contributed by atoms with Gasteiger partial charge in [0, 0.05) is 17.8 Å². The maximum absolute atomic E-state index is 12.0. The number of allylic oxidation sites excluding steroid dienone is 1. The van der Waals surface area contributed by atoms with E-state index < -0.39 is 0 Å². The molecule has 0 aromatic heterocycles. The number of carbonyl (C=O) groups excluding carboxylic acids is 1. The Morgan fingerprint density at radius 2 is 1.52 bits per heavy atom. The summed E-state index contributed by atoms with van der Waals surface area (Å²) in [5.74, 6) is 1.58. The Labute approximate surface area is 136 Å². The van der Waals surface area contributed by atoms with E-state index in [0.717, 1.165) is 30.2 Å². The van der Waals surface area contributed by atoms with Crippen molar-refractivity contribution in [3.63, 3.8) is 0 Å². The minimum absolute atomic E-state index is 0.00268. The van der Waals surface area contributed by atoms with Crippen molar-refractivity contribution in [3.05, 3.63) is 66.2 Å². The molecule has 2 rings (SSSR count). The number of rotatable bonds is 8. The molecule has 0 atom stereocenters. The summed E-state index contributed by atoms with van der Waals surface area (Å²) >= 11 is 0. The Morgan fingerprint density at radius 1 is 0.957 bits per heavy atom. The number of carbonyl (C=O) groups is 1. The summed E-state index contributed by atoms with van der Waals surface area (Å²) in [6, 6.07) is 14.8. The molecule has 0 bridgehead atoms. The highest BCUT2D eigenvalue weighted by molar-refractivity contribution is 6.04. The van der Waals surface area contributed by atoms with Crippen LogP contribution in [0.25, 0.3) is 0 Å². The van der Waals surface area contributed by atoms with Crippen molar-refractivity contribution >= 4 is 11.5 Å². The van der Waals surface area contributed by atoms with Crippen LogP contribution in [0.2, 0.25) is 0 Å². The molecule has 0 saturated heterocycles. The van der Waals surface area contributed by atoms with Crippen LogP contribution in [0.5, 0.6) is 11.5 Å². The second-order valence-electron chi connectivity index (χ2n) is 4.94. The van der Waals surface area contributed by atoms with Gasteiger partial charge in [0.05, 0.1) is 14.2 Å². The van der Waals surface area contributed by atoms with Crippen LogP contribution in [-0.2, 0) is 0 Å². The lowest BCUT2D eigenvalue weighted by Gasteiger charge is -2.05. The van der Waals surface area contributed by atoms with Crippen LogP contribution in [0.15, 0.2) is 60.7 Å². The molecule has 0 fully saturated rings. The number of ketones is 1. The van der Waals surface area contributed by atoms with Crippen LogP contribution >= 0.6 is 0 Å². The second kappa shape index (κ2) is 8.63. The van der Waals surface area contributed by atoms with Gasteiger partial charge in [-0.25, -0.2) is 0 Å². The minimum atomic E-state index is -0.00268. The first kappa shape index (κ1) is 16.6. The van der Waals surface area contributed by atoms with Crippen molar-refractivity contribution in [1.82, 2.24) is 0 Å². The van der Waals surface area contributed by atoms with E-state index in [1.807, 2.05) is 30.3 Å². The lowest BCUT2D eigenvalue weighted by Crippen LogP contribution is -2.00. The van der Waals surface area contributed by atoms with E-state index in [9.17, 15) is 4.79 Å². The molecule has 2 aromatic rings. The molecule has 23 heavy (non-hydrogen) atoms. The Morgan fingerprint density at radius 3 is 2.09 bits per heavy atom. The number of nitrogens with one attached hydrogen (secondary N) is 1. The zero-order valence-electron chi connectivity index (χ0n) is 13.4. The van der Waals surface area contributed by atoms with Crippen LogP contribution in [0.4, 0.5) is 5.69 Å². The first-order valence-corrected chi connectivity index (χ1v) is 7.46. The Hall–Kier alpha value is -2.75.